The Labute approximate surface area is 132 Å². The topological polar surface area (TPSA) is 129 Å². The summed E-state index contributed by atoms with van der Waals surface area (Å²) < 4.78 is 25.4. The maximum Gasteiger partial charge on any atom is 0.324 e. The maximum absolute atomic E-state index is 12.0. The van der Waals surface area contributed by atoms with Crippen molar-refractivity contribution in [1.82, 2.24) is 19.9 Å². The molecule has 0 aliphatic heterocycles. The van der Waals surface area contributed by atoms with Crippen LogP contribution in [-0.2, 0) is 10.0 Å². The first-order chi connectivity index (χ1) is 11.0. The maximum atomic E-state index is 12.0. The Morgan fingerprint density at radius 1 is 1.26 bits per heavy atom. The summed E-state index contributed by atoms with van der Waals surface area (Å²) >= 11 is 0. The lowest BCUT2D eigenvalue weighted by atomic mass is 10.2. The van der Waals surface area contributed by atoms with Gasteiger partial charge in [0.25, 0.3) is 0 Å². The highest BCUT2D eigenvalue weighted by Gasteiger charge is 2.28. The van der Waals surface area contributed by atoms with E-state index in [1.165, 1.54) is 25.4 Å². The van der Waals surface area contributed by atoms with Gasteiger partial charge in [-0.1, -0.05) is 0 Å². The molecule has 0 spiro atoms. The number of rotatable bonds is 5. The predicted octanol–water partition coefficient (Wildman–Crippen LogP) is 1.23. The Bertz CT molecular complexity index is 810. The molecule has 2 heterocycles. The van der Waals surface area contributed by atoms with Gasteiger partial charge in [0, 0.05) is 12.1 Å². The molecule has 9 nitrogen and oxygen atoms in total. The van der Waals surface area contributed by atoms with E-state index in [1.54, 1.807) is 6.20 Å². The van der Waals surface area contributed by atoms with E-state index >= 15 is 0 Å². The summed E-state index contributed by atoms with van der Waals surface area (Å²) in [6.45, 7) is 0. The molecule has 2 aromatic rings. The zero-order chi connectivity index (χ0) is 16.4. The van der Waals surface area contributed by atoms with Crippen LogP contribution < -0.4 is 15.4 Å². The second kappa shape index (κ2) is 5.97. The number of nitrogens with zero attached hydrogens (tertiary/aromatic N) is 2. The number of amides is 2. The van der Waals surface area contributed by atoms with Gasteiger partial charge in [0.05, 0.1) is 17.6 Å². The minimum absolute atomic E-state index is 0.0248. The van der Waals surface area contributed by atoms with Gasteiger partial charge in [0.2, 0.25) is 10.0 Å². The number of aromatic nitrogens is 3. The first kappa shape index (κ1) is 15.4. The van der Waals surface area contributed by atoms with Crippen LogP contribution in [0.25, 0.3) is 0 Å². The molecule has 122 valence electrons. The smallest absolute Gasteiger partial charge is 0.305 e. The number of nitrogens with one attached hydrogen (secondary N) is 4. The molecular weight excluding hydrogens is 320 g/mol. The van der Waals surface area contributed by atoms with Gasteiger partial charge in [-0.2, -0.15) is 5.10 Å². The summed E-state index contributed by atoms with van der Waals surface area (Å²) in [5.74, 6) is 0.672. The van der Waals surface area contributed by atoms with Crippen LogP contribution in [0, 0.1) is 0 Å². The molecule has 0 aromatic carbocycles. The molecule has 0 atom stereocenters. The molecule has 0 bridgehead atoms. The molecule has 0 unspecified atom stereocenters. The molecule has 1 aliphatic rings. The van der Waals surface area contributed by atoms with E-state index in [9.17, 15) is 13.2 Å². The zero-order valence-electron chi connectivity index (χ0n) is 12.3. The van der Waals surface area contributed by atoms with Crippen LogP contribution in [0.3, 0.4) is 0 Å². The van der Waals surface area contributed by atoms with E-state index < -0.39 is 16.1 Å². The average molecular weight is 336 g/mol. The number of sulfonamides is 1. The van der Waals surface area contributed by atoms with E-state index in [-0.39, 0.29) is 10.7 Å². The van der Waals surface area contributed by atoms with Gasteiger partial charge in [-0.05, 0) is 32.0 Å². The molecular formula is C13H16N6O3S. The lowest BCUT2D eigenvalue weighted by molar-refractivity contribution is 0.262. The molecule has 2 aromatic heterocycles. The number of carbonyl (C=O) groups excluding carboxylic acids is 1. The molecule has 1 saturated carbocycles. The molecule has 0 radical (unpaired) electrons. The van der Waals surface area contributed by atoms with Crippen molar-refractivity contribution < 1.29 is 13.2 Å². The van der Waals surface area contributed by atoms with Crippen LogP contribution in [0.5, 0.6) is 0 Å². The van der Waals surface area contributed by atoms with Gasteiger partial charge in [-0.3, -0.25) is 10.4 Å². The predicted molar refractivity (Wildman–Crippen MR) is 83.7 cm³/mol. The summed E-state index contributed by atoms with van der Waals surface area (Å²) in [5.41, 5.74) is 1.56. The largest absolute Gasteiger partial charge is 0.324 e. The summed E-state index contributed by atoms with van der Waals surface area (Å²) in [7, 11) is -2.23. The van der Waals surface area contributed by atoms with Crippen molar-refractivity contribution in [3.8, 4) is 0 Å². The van der Waals surface area contributed by atoms with Crippen LogP contribution in [0.2, 0.25) is 0 Å². The van der Waals surface area contributed by atoms with E-state index in [1.807, 2.05) is 0 Å². The number of hydrogen-bond acceptors (Lipinski definition) is 5. The van der Waals surface area contributed by atoms with Gasteiger partial charge < -0.3 is 5.32 Å². The molecule has 10 heteroatoms. The molecule has 0 saturated heterocycles. The quantitative estimate of drug-likeness (QED) is 0.653. The minimum Gasteiger partial charge on any atom is -0.305 e. The number of aromatic amines is 1. The Balaban J connectivity index is 1.65. The van der Waals surface area contributed by atoms with Gasteiger partial charge in [-0.15, -0.1) is 0 Å². The van der Waals surface area contributed by atoms with Crippen LogP contribution in [0.15, 0.2) is 29.4 Å². The number of anilines is 2. The second-order valence-corrected chi connectivity index (χ2v) is 7.02. The number of hydrogen-bond donors (Lipinski definition) is 4. The molecule has 2 amide bonds. The lowest BCUT2D eigenvalue weighted by Gasteiger charge is -2.08. The Hall–Kier alpha value is -2.46. The summed E-state index contributed by atoms with van der Waals surface area (Å²) in [4.78, 5) is 15.9. The fourth-order valence-electron chi connectivity index (χ4n) is 2.08. The molecule has 23 heavy (non-hydrogen) atoms. The fourth-order valence-corrected chi connectivity index (χ4v) is 2.75. The van der Waals surface area contributed by atoms with Crippen molar-refractivity contribution in [2.24, 2.45) is 0 Å². The SMILES string of the molecule is CNS(=O)(=O)c1ccc(NC(=O)Nc2cn[nH]c2C2CC2)nc1. The van der Waals surface area contributed by atoms with Crippen LogP contribution >= 0.6 is 0 Å². The van der Waals surface area contributed by atoms with Crippen LogP contribution in [-0.4, -0.2) is 36.7 Å². The van der Waals surface area contributed by atoms with E-state index in [0.29, 0.717) is 11.6 Å². The third-order valence-electron chi connectivity index (χ3n) is 3.46. The summed E-state index contributed by atoms with van der Waals surface area (Å²) in [6.07, 6.45) is 4.90. The number of urea groups is 1. The van der Waals surface area contributed by atoms with Gasteiger partial charge in [0.1, 0.15) is 10.7 Å². The van der Waals surface area contributed by atoms with Crippen LogP contribution in [0.4, 0.5) is 16.3 Å². The van der Waals surface area contributed by atoms with Crippen LogP contribution in [0.1, 0.15) is 24.5 Å². The lowest BCUT2D eigenvalue weighted by Crippen LogP contribution is -2.21. The monoisotopic (exact) mass is 336 g/mol. The first-order valence-corrected chi connectivity index (χ1v) is 8.49. The van der Waals surface area contributed by atoms with Gasteiger partial charge in [0.15, 0.2) is 0 Å². The third-order valence-corrected chi connectivity index (χ3v) is 4.86. The Kier molecular flexibility index (Phi) is 4.01. The van der Waals surface area contributed by atoms with E-state index in [4.69, 9.17) is 0 Å². The van der Waals surface area contributed by atoms with Crippen molar-refractivity contribution in [2.45, 2.75) is 23.7 Å². The fraction of sp³-hybridized carbons (Fsp3) is 0.308. The molecule has 3 rings (SSSR count). The van der Waals surface area contributed by atoms with Crippen molar-refractivity contribution in [2.75, 3.05) is 17.7 Å². The number of carbonyl (C=O) groups is 1. The van der Waals surface area contributed by atoms with E-state index in [0.717, 1.165) is 18.5 Å². The van der Waals surface area contributed by atoms with Gasteiger partial charge >= 0.3 is 6.03 Å². The second-order valence-electron chi connectivity index (χ2n) is 5.14. The van der Waals surface area contributed by atoms with Crippen molar-refractivity contribution >= 4 is 27.6 Å². The van der Waals surface area contributed by atoms with Crippen molar-refractivity contribution in [3.05, 3.63) is 30.2 Å². The standard InChI is InChI=1S/C13H16N6O3S/c1-14-23(21,22)9-4-5-11(15-6-9)18-13(20)17-10-7-16-19-12(10)8-2-3-8/h4-8,14H,2-3H2,1H3,(H,16,19)(H2,15,17,18,20). The molecule has 4 N–H and O–H groups in total. The minimum atomic E-state index is -3.55. The molecule has 1 aliphatic carbocycles. The number of pyridine rings is 1. The highest BCUT2D eigenvalue weighted by atomic mass is 32.2. The summed E-state index contributed by atoms with van der Waals surface area (Å²) in [5, 5.41) is 12.1. The highest BCUT2D eigenvalue weighted by Crippen LogP contribution is 2.42. The molecule has 1 fully saturated rings. The van der Waals surface area contributed by atoms with E-state index in [2.05, 4.69) is 30.5 Å². The number of H-pyrrole nitrogens is 1. The highest BCUT2D eigenvalue weighted by molar-refractivity contribution is 7.89. The Morgan fingerprint density at radius 2 is 2.04 bits per heavy atom. The Morgan fingerprint density at radius 3 is 2.65 bits per heavy atom. The van der Waals surface area contributed by atoms with Gasteiger partial charge in [-0.25, -0.2) is 22.9 Å². The van der Waals surface area contributed by atoms with Crippen molar-refractivity contribution in [3.63, 3.8) is 0 Å². The van der Waals surface area contributed by atoms with Crippen molar-refractivity contribution in [1.29, 1.82) is 0 Å². The zero-order valence-corrected chi connectivity index (χ0v) is 13.1. The first-order valence-electron chi connectivity index (χ1n) is 7.00. The normalized spacial score (nSPS) is 14.5. The third kappa shape index (κ3) is 3.48. The summed E-state index contributed by atoms with van der Waals surface area (Å²) in [6, 6.07) is 2.31. The average Bonchev–Trinajstić information content (AvgIpc) is 3.28.